The van der Waals surface area contributed by atoms with Crippen molar-refractivity contribution in [3.63, 3.8) is 0 Å². The molecule has 0 spiro atoms. The topological polar surface area (TPSA) is 34.2 Å². The summed E-state index contributed by atoms with van der Waals surface area (Å²) in [6.45, 7) is 6.39. The third-order valence-corrected chi connectivity index (χ3v) is 4.22. The Kier molecular flexibility index (Phi) is 6.31. The fourth-order valence-corrected chi connectivity index (χ4v) is 2.96. The summed E-state index contributed by atoms with van der Waals surface area (Å²) in [5, 5.41) is 3.44. The lowest BCUT2D eigenvalue weighted by Gasteiger charge is -2.29. The summed E-state index contributed by atoms with van der Waals surface area (Å²) in [5.41, 5.74) is 1.23. The second kappa shape index (κ2) is 8.25. The van der Waals surface area contributed by atoms with Crippen LogP contribution in [0.25, 0.3) is 0 Å². The molecule has 1 heterocycles. The van der Waals surface area contributed by atoms with Crippen molar-refractivity contribution in [1.29, 1.82) is 0 Å². The molecule has 20 heavy (non-hydrogen) atoms. The molecule has 1 aromatic rings. The quantitative estimate of drug-likeness (QED) is 0.766. The number of nitrogens with zero attached hydrogens (tertiary/aromatic N) is 1. The van der Waals surface area contributed by atoms with Gasteiger partial charge in [0.15, 0.2) is 0 Å². The highest BCUT2D eigenvalue weighted by Gasteiger charge is 2.22. The van der Waals surface area contributed by atoms with E-state index in [-0.39, 0.29) is 0 Å². The maximum absolute atomic E-state index is 6.25. The fraction of sp³-hybridized carbons (Fsp3) is 0.706. The van der Waals surface area contributed by atoms with E-state index in [2.05, 4.69) is 30.2 Å². The van der Waals surface area contributed by atoms with Crippen molar-refractivity contribution in [2.24, 2.45) is 5.92 Å². The maximum atomic E-state index is 6.25. The van der Waals surface area contributed by atoms with E-state index < -0.39 is 0 Å². The first-order chi connectivity index (χ1) is 9.83. The highest BCUT2D eigenvalue weighted by atomic mass is 16.5. The van der Waals surface area contributed by atoms with Crippen LogP contribution in [0.2, 0.25) is 0 Å². The first-order valence-electron chi connectivity index (χ1n) is 8.13. The molecule has 0 radical (unpaired) electrons. The molecule has 2 rings (SSSR count). The first kappa shape index (κ1) is 15.3. The highest BCUT2D eigenvalue weighted by molar-refractivity contribution is 5.30. The normalized spacial score (nSPS) is 22.7. The van der Waals surface area contributed by atoms with Crippen molar-refractivity contribution < 1.29 is 4.74 Å². The zero-order valence-corrected chi connectivity index (χ0v) is 12.9. The van der Waals surface area contributed by atoms with Crippen LogP contribution < -0.4 is 10.1 Å². The van der Waals surface area contributed by atoms with Gasteiger partial charge in [0.25, 0.3) is 0 Å². The third kappa shape index (κ3) is 4.48. The van der Waals surface area contributed by atoms with E-state index in [1.165, 1.54) is 37.7 Å². The van der Waals surface area contributed by atoms with Crippen molar-refractivity contribution in [3.8, 4) is 5.75 Å². The molecule has 0 aliphatic heterocycles. The Bertz CT molecular complexity index is 394. The summed E-state index contributed by atoms with van der Waals surface area (Å²) in [6.07, 6.45) is 11.6. The van der Waals surface area contributed by atoms with Crippen molar-refractivity contribution >= 4 is 0 Å². The maximum Gasteiger partial charge on any atom is 0.142 e. The summed E-state index contributed by atoms with van der Waals surface area (Å²) in [7, 11) is 0. The zero-order chi connectivity index (χ0) is 14.2. The Morgan fingerprint density at radius 1 is 1.35 bits per heavy atom. The molecule has 1 aliphatic rings. The van der Waals surface area contributed by atoms with E-state index in [4.69, 9.17) is 4.74 Å². The molecule has 3 heteroatoms. The highest BCUT2D eigenvalue weighted by Crippen LogP contribution is 2.30. The van der Waals surface area contributed by atoms with E-state index in [0.29, 0.717) is 6.10 Å². The van der Waals surface area contributed by atoms with Gasteiger partial charge in [-0.2, -0.15) is 0 Å². The molecule has 2 atom stereocenters. The number of aromatic nitrogens is 1. The van der Waals surface area contributed by atoms with Gasteiger partial charge in [-0.1, -0.05) is 26.7 Å². The van der Waals surface area contributed by atoms with Gasteiger partial charge >= 0.3 is 0 Å². The Morgan fingerprint density at radius 2 is 2.25 bits per heavy atom. The SMILES string of the molecule is CCCNCc1ccncc1OC1CCCC(CC)C1. The van der Waals surface area contributed by atoms with Crippen molar-refractivity contribution in [3.05, 3.63) is 24.0 Å². The van der Waals surface area contributed by atoms with Gasteiger partial charge < -0.3 is 10.1 Å². The van der Waals surface area contributed by atoms with Crippen molar-refractivity contribution in [2.75, 3.05) is 6.54 Å². The van der Waals surface area contributed by atoms with Gasteiger partial charge in [-0.05, 0) is 44.2 Å². The number of rotatable bonds is 7. The lowest BCUT2D eigenvalue weighted by atomic mass is 9.85. The lowest BCUT2D eigenvalue weighted by Crippen LogP contribution is -2.26. The fourth-order valence-electron chi connectivity index (χ4n) is 2.96. The summed E-state index contributed by atoms with van der Waals surface area (Å²) in [4.78, 5) is 4.23. The average Bonchev–Trinajstić information content (AvgIpc) is 2.49. The molecule has 1 N–H and O–H groups in total. The minimum atomic E-state index is 0.378. The summed E-state index contributed by atoms with van der Waals surface area (Å²) in [5.74, 6) is 1.81. The Labute approximate surface area is 123 Å². The molecule has 1 saturated carbocycles. The minimum Gasteiger partial charge on any atom is -0.488 e. The summed E-state index contributed by atoms with van der Waals surface area (Å²) >= 11 is 0. The van der Waals surface area contributed by atoms with Crippen molar-refractivity contribution in [2.45, 2.75) is 65.0 Å². The molecular formula is C17H28N2O. The van der Waals surface area contributed by atoms with Crippen LogP contribution in [0.5, 0.6) is 5.75 Å². The molecule has 3 nitrogen and oxygen atoms in total. The van der Waals surface area contributed by atoms with Gasteiger partial charge in [0.2, 0.25) is 0 Å². The van der Waals surface area contributed by atoms with E-state index in [1.54, 1.807) is 0 Å². The van der Waals surface area contributed by atoms with E-state index in [0.717, 1.165) is 31.2 Å². The van der Waals surface area contributed by atoms with Gasteiger partial charge in [0, 0.05) is 18.3 Å². The summed E-state index contributed by atoms with van der Waals surface area (Å²) in [6, 6.07) is 2.07. The van der Waals surface area contributed by atoms with Crippen LogP contribution >= 0.6 is 0 Å². The minimum absolute atomic E-state index is 0.378. The number of ether oxygens (including phenoxy) is 1. The lowest BCUT2D eigenvalue weighted by molar-refractivity contribution is 0.120. The van der Waals surface area contributed by atoms with E-state index in [9.17, 15) is 0 Å². The molecule has 0 saturated heterocycles. The molecule has 0 amide bonds. The first-order valence-corrected chi connectivity index (χ1v) is 8.13. The van der Waals surface area contributed by atoms with Crippen LogP contribution in [0.1, 0.15) is 57.9 Å². The van der Waals surface area contributed by atoms with Crippen LogP contribution in [0.3, 0.4) is 0 Å². The molecule has 0 aromatic carbocycles. The van der Waals surface area contributed by atoms with Crippen LogP contribution in [-0.4, -0.2) is 17.6 Å². The van der Waals surface area contributed by atoms with Gasteiger partial charge in [-0.3, -0.25) is 4.98 Å². The van der Waals surface area contributed by atoms with Crippen LogP contribution in [0.4, 0.5) is 0 Å². The van der Waals surface area contributed by atoms with Gasteiger partial charge in [-0.15, -0.1) is 0 Å². The predicted octanol–water partition coefficient (Wildman–Crippen LogP) is 3.93. The largest absolute Gasteiger partial charge is 0.488 e. The van der Waals surface area contributed by atoms with Crippen molar-refractivity contribution in [1.82, 2.24) is 10.3 Å². The molecule has 1 aromatic heterocycles. The smallest absolute Gasteiger partial charge is 0.142 e. The Morgan fingerprint density at radius 3 is 3.05 bits per heavy atom. The third-order valence-electron chi connectivity index (χ3n) is 4.22. The van der Waals surface area contributed by atoms with Gasteiger partial charge in [0.05, 0.1) is 12.3 Å². The average molecular weight is 276 g/mol. The van der Waals surface area contributed by atoms with Crippen LogP contribution in [-0.2, 0) is 6.54 Å². The molecular weight excluding hydrogens is 248 g/mol. The van der Waals surface area contributed by atoms with Crippen LogP contribution in [0, 0.1) is 5.92 Å². The number of pyridine rings is 1. The Hall–Kier alpha value is -1.09. The van der Waals surface area contributed by atoms with E-state index >= 15 is 0 Å². The second-order valence-electron chi connectivity index (χ2n) is 5.84. The Balaban J connectivity index is 1.94. The molecule has 2 unspecified atom stereocenters. The molecule has 0 bridgehead atoms. The number of hydrogen-bond acceptors (Lipinski definition) is 3. The second-order valence-corrected chi connectivity index (χ2v) is 5.84. The monoisotopic (exact) mass is 276 g/mol. The standard InChI is InChI=1S/C17H28N2O/c1-3-9-18-12-15-8-10-19-13-17(15)20-16-7-5-6-14(4-2)11-16/h8,10,13-14,16,18H,3-7,9,11-12H2,1-2H3. The number of hydrogen-bond donors (Lipinski definition) is 1. The summed E-state index contributed by atoms with van der Waals surface area (Å²) < 4.78 is 6.25. The van der Waals surface area contributed by atoms with Gasteiger partial charge in [0.1, 0.15) is 5.75 Å². The van der Waals surface area contributed by atoms with Gasteiger partial charge in [-0.25, -0.2) is 0 Å². The van der Waals surface area contributed by atoms with E-state index in [1.807, 2.05) is 12.4 Å². The molecule has 1 fully saturated rings. The predicted molar refractivity (Wildman–Crippen MR) is 82.9 cm³/mol. The zero-order valence-electron chi connectivity index (χ0n) is 12.9. The molecule has 1 aliphatic carbocycles. The molecule has 112 valence electrons. The number of nitrogens with one attached hydrogen (secondary N) is 1. The van der Waals surface area contributed by atoms with Crippen LogP contribution in [0.15, 0.2) is 18.5 Å².